The zero-order valence-electron chi connectivity index (χ0n) is 6.52. The van der Waals surface area contributed by atoms with E-state index in [1.807, 2.05) is 30.3 Å². The van der Waals surface area contributed by atoms with Crippen LogP contribution >= 0.6 is 25.5 Å². The molecule has 0 aliphatic rings. The van der Waals surface area contributed by atoms with E-state index in [2.05, 4.69) is 0 Å². The Hall–Kier alpha value is 1.10. The molecule has 0 aliphatic heterocycles. The first-order valence-electron chi connectivity index (χ1n) is 2.23. The molecule has 0 nitrogen and oxygen atoms in total. The van der Waals surface area contributed by atoms with Crippen LogP contribution in [-0.2, 0) is 18.2 Å². The molecule has 0 spiro atoms. The summed E-state index contributed by atoms with van der Waals surface area (Å²) in [5, 5.41) is 0. The van der Waals surface area contributed by atoms with Crippen LogP contribution in [0.4, 0.5) is 0 Å². The van der Waals surface area contributed by atoms with Crippen molar-refractivity contribution in [2.24, 2.45) is 0 Å². The molecule has 0 aromatic heterocycles. The Morgan fingerprint density at radius 2 is 1.18 bits per heavy atom. The molecule has 0 atom stereocenters. The molecule has 0 fully saturated rings. The van der Waals surface area contributed by atoms with Crippen LogP contribution in [-0.4, -0.2) is 0 Å². The molecule has 0 aliphatic carbocycles. The van der Waals surface area contributed by atoms with Gasteiger partial charge in [-0.1, -0.05) is 0 Å². The quantitative estimate of drug-likeness (QED) is 0.623. The summed E-state index contributed by atoms with van der Waals surface area (Å²) in [6, 6.07) is 10.0. The average Bonchev–Trinajstić information content (AvgIpc) is 2.11. The fourth-order valence-electron chi connectivity index (χ4n) is 0.321. The first kappa shape index (κ1) is 18.0. The Morgan fingerprint density at radius 3 is 1.27 bits per heavy atom. The van der Waals surface area contributed by atoms with Crippen LogP contribution in [0.3, 0.4) is 0 Å². The van der Waals surface area contributed by atoms with Crippen molar-refractivity contribution in [2.75, 3.05) is 0 Å². The van der Waals surface area contributed by atoms with Gasteiger partial charge in [-0.25, -0.2) is 12.1 Å². The number of rotatable bonds is 0. The Labute approximate surface area is 88.2 Å². The van der Waals surface area contributed by atoms with Crippen LogP contribution in [0.5, 0.6) is 0 Å². The largest absolute Gasteiger partial charge is 0.214 e. The van der Waals surface area contributed by atoms with Gasteiger partial charge in [0.25, 0.3) is 0 Å². The summed E-state index contributed by atoms with van der Waals surface area (Å²) in [6.45, 7) is 0. The molecular weight excluding hydrogens is 282 g/mol. The smallest absolute Gasteiger partial charge is 0.172 e. The summed E-state index contributed by atoms with van der Waals surface area (Å²) in [7, 11) is 15.0. The predicted molar refractivity (Wildman–Crippen MR) is 52.4 cm³/mol. The molecule has 11 heavy (non-hydrogen) atoms. The van der Waals surface area contributed by atoms with Gasteiger partial charge in [0.05, 0.1) is 0 Å². The first-order chi connectivity index (χ1) is 4.23. The van der Waals surface area contributed by atoms with Gasteiger partial charge in [0.15, 0.2) is 0 Å². The fraction of sp³-hybridized carbons (Fsp3) is 0. The van der Waals surface area contributed by atoms with Crippen molar-refractivity contribution in [3.05, 3.63) is 45.2 Å². The van der Waals surface area contributed by atoms with E-state index < -0.39 is 18.2 Å². The molecule has 1 aromatic carbocycles. The van der Waals surface area contributed by atoms with E-state index >= 15 is 0 Å². The van der Waals surface area contributed by atoms with Crippen LogP contribution in [0, 0.1) is 14.9 Å². The Kier molecular flexibility index (Phi) is 22.4. The Morgan fingerprint density at radius 1 is 0.909 bits per heavy atom. The molecule has 0 amide bonds. The van der Waals surface area contributed by atoms with Crippen molar-refractivity contribution < 1.29 is 18.2 Å². The van der Waals surface area contributed by atoms with Gasteiger partial charge in [-0.05, 0) is 0 Å². The number of hydrogen-bond acceptors (Lipinski definition) is 0. The van der Waals surface area contributed by atoms with Crippen molar-refractivity contribution in [2.45, 2.75) is 0 Å². The van der Waals surface area contributed by atoms with E-state index in [0.29, 0.717) is 0 Å². The third kappa shape index (κ3) is 24.7. The van der Waals surface area contributed by atoms with Gasteiger partial charge in [-0.15, -0.1) is 0 Å². The minimum Gasteiger partial charge on any atom is -0.214 e. The maximum absolute atomic E-state index is 5.00. The average molecular weight is 293 g/mol. The van der Waals surface area contributed by atoms with Crippen LogP contribution in [0.15, 0.2) is 30.3 Å². The molecular formula is C7H11Cl3Zr-3. The van der Waals surface area contributed by atoms with Gasteiger partial charge in [0.1, 0.15) is 0 Å². The SMILES string of the molecule is [CH3-].[CH3-].[Cl][Zr]([Cl])[Cl].c1cc[cH-]c1. The normalized spacial score (nSPS) is 6.09. The third-order valence-corrected chi connectivity index (χ3v) is 0.556. The van der Waals surface area contributed by atoms with Gasteiger partial charge in [0, 0.05) is 0 Å². The van der Waals surface area contributed by atoms with Gasteiger partial charge in [0.2, 0.25) is 0 Å². The third-order valence-electron chi connectivity index (χ3n) is 0.556. The summed E-state index contributed by atoms with van der Waals surface area (Å²) in [6.07, 6.45) is 0. The van der Waals surface area contributed by atoms with Crippen molar-refractivity contribution in [3.8, 4) is 0 Å². The molecule has 0 heterocycles. The second-order valence-electron chi connectivity index (χ2n) is 1.18. The summed E-state index contributed by atoms with van der Waals surface area (Å²) in [5.41, 5.74) is 0. The predicted octanol–water partition coefficient (Wildman–Crippen LogP) is 4.37. The van der Waals surface area contributed by atoms with Crippen molar-refractivity contribution in [1.29, 1.82) is 0 Å². The van der Waals surface area contributed by atoms with Gasteiger partial charge < -0.3 is 14.9 Å². The zero-order valence-corrected chi connectivity index (χ0v) is 11.2. The minimum atomic E-state index is -2.13. The second-order valence-corrected chi connectivity index (χ2v) is 12.4. The van der Waals surface area contributed by atoms with Crippen molar-refractivity contribution in [3.63, 3.8) is 0 Å². The fourth-order valence-corrected chi connectivity index (χ4v) is 0.321. The summed E-state index contributed by atoms with van der Waals surface area (Å²) < 4.78 is 0. The standard InChI is InChI=1S/C5H5.2CH3.3ClH.Zr/c1-2-4-5-3-1;;;;;;/h1-5H;2*1H3;3*1H;/q3*-1;;;;+3/p-3. The summed E-state index contributed by atoms with van der Waals surface area (Å²) >= 11 is -2.13. The summed E-state index contributed by atoms with van der Waals surface area (Å²) in [4.78, 5) is 0. The molecule has 1 rings (SSSR count). The number of halogens is 3. The van der Waals surface area contributed by atoms with E-state index in [1.165, 1.54) is 0 Å². The molecule has 4 heteroatoms. The molecule has 1 aromatic rings. The Balaban J connectivity index is -0.000000101. The van der Waals surface area contributed by atoms with Crippen molar-refractivity contribution in [1.82, 2.24) is 0 Å². The molecule has 0 radical (unpaired) electrons. The van der Waals surface area contributed by atoms with Gasteiger partial charge in [-0.3, -0.25) is 0 Å². The zero-order chi connectivity index (χ0) is 7.11. The molecule has 0 saturated carbocycles. The van der Waals surface area contributed by atoms with Crippen LogP contribution in [0.2, 0.25) is 0 Å². The number of hydrogen-bond donors (Lipinski definition) is 0. The van der Waals surface area contributed by atoms with Crippen LogP contribution < -0.4 is 0 Å². The molecule has 0 saturated heterocycles. The molecule has 0 unspecified atom stereocenters. The first-order valence-corrected chi connectivity index (χ1v) is 11.7. The van der Waals surface area contributed by atoms with Crippen LogP contribution in [0.1, 0.15) is 0 Å². The monoisotopic (exact) mass is 290 g/mol. The second kappa shape index (κ2) is 13.7. The van der Waals surface area contributed by atoms with E-state index in [-0.39, 0.29) is 14.9 Å². The minimum absolute atomic E-state index is 0. The van der Waals surface area contributed by atoms with E-state index in [9.17, 15) is 0 Å². The van der Waals surface area contributed by atoms with Gasteiger partial charge in [-0.2, -0.15) is 18.2 Å². The van der Waals surface area contributed by atoms with Crippen LogP contribution in [0.25, 0.3) is 0 Å². The van der Waals surface area contributed by atoms with E-state index in [1.54, 1.807) is 0 Å². The molecule has 0 bridgehead atoms. The molecule has 67 valence electrons. The topological polar surface area (TPSA) is 0 Å². The molecule has 0 N–H and O–H groups in total. The maximum atomic E-state index is 5.00. The Bertz CT molecular complexity index is 97.3. The van der Waals surface area contributed by atoms with E-state index in [4.69, 9.17) is 25.5 Å². The summed E-state index contributed by atoms with van der Waals surface area (Å²) in [5.74, 6) is 0. The van der Waals surface area contributed by atoms with Gasteiger partial charge >= 0.3 is 43.7 Å². The van der Waals surface area contributed by atoms with Crippen molar-refractivity contribution >= 4 is 25.5 Å². The maximum Gasteiger partial charge on any atom is -0.172 e. The van der Waals surface area contributed by atoms with E-state index in [0.717, 1.165) is 0 Å².